The van der Waals surface area contributed by atoms with E-state index < -0.39 is 0 Å². The topological polar surface area (TPSA) is 50.2 Å². The second kappa shape index (κ2) is 5.81. The SMILES string of the molecule is CNCC(C)C(=O)N1CCn2c1nc1ccccc12.Cl. The largest absolute Gasteiger partial charge is 0.319 e. The van der Waals surface area contributed by atoms with Gasteiger partial charge in [-0.05, 0) is 19.2 Å². The lowest BCUT2D eigenvalue weighted by Crippen LogP contribution is -2.37. The van der Waals surface area contributed by atoms with Gasteiger partial charge in [0.05, 0.1) is 11.0 Å². The van der Waals surface area contributed by atoms with Crippen molar-refractivity contribution in [3.63, 3.8) is 0 Å². The molecule has 0 bridgehead atoms. The van der Waals surface area contributed by atoms with Crippen molar-refractivity contribution in [1.82, 2.24) is 14.9 Å². The van der Waals surface area contributed by atoms with E-state index in [2.05, 4.69) is 20.9 Å². The number of rotatable bonds is 3. The Hall–Kier alpha value is -1.59. The van der Waals surface area contributed by atoms with Gasteiger partial charge in [-0.1, -0.05) is 19.1 Å². The fraction of sp³-hybridized carbons (Fsp3) is 0.429. The first-order valence-corrected chi connectivity index (χ1v) is 6.63. The highest BCUT2D eigenvalue weighted by Gasteiger charge is 2.30. The summed E-state index contributed by atoms with van der Waals surface area (Å²) < 4.78 is 2.12. The summed E-state index contributed by atoms with van der Waals surface area (Å²) in [7, 11) is 1.86. The number of hydrogen-bond donors (Lipinski definition) is 1. The van der Waals surface area contributed by atoms with E-state index in [-0.39, 0.29) is 24.2 Å². The third kappa shape index (κ3) is 2.27. The zero-order chi connectivity index (χ0) is 13.4. The number of benzene rings is 1. The van der Waals surface area contributed by atoms with Crippen LogP contribution < -0.4 is 10.2 Å². The van der Waals surface area contributed by atoms with Crippen LogP contribution in [0.15, 0.2) is 24.3 Å². The van der Waals surface area contributed by atoms with E-state index in [1.807, 2.05) is 37.1 Å². The normalized spacial score (nSPS) is 15.0. The second-order valence-electron chi connectivity index (χ2n) is 5.00. The van der Waals surface area contributed by atoms with E-state index in [9.17, 15) is 4.79 Å². The molecular formula is C14H19ClN4O. The number of halogens is 1. The summed E-state index contributed by atoms with van der Waals surface area (Å²) in [5.41, 5.74) is 2.06. The molecule has 20 heavy (non-hydrogen) atoms. The quantitative estimate of drug-likeness (QED) is 0.937. The molecule has 0 spiro atoms. The Morgan fingerprint density at radius 3 is 2.90 bits per heavy atom. The van der Waals surface area contributed by atoms with Crippen LogP contribution in [-0.2, 0) is 11.3 Å². The zero-order valence-corrected chi connectivity index (χ0v) is 12.5. The molecule has 1 aliphatic rings. The van der Waals surface area contributed by atoms with E-state index in [0.29, 0.717) is 6.54 Å². The van der Waals surface area contributed by atoms with Crippen LogP contribution in [0.2, 0.25) is 0 Å². The molecule has 1 unspecified atom stereocenters. The molecule has 2 aromatic rings. The number of anilines is 1. The van der Waals surface area contributed by atoms with Crippen molar-refractivity contribution >= 4 is 35.3 Å². The predicted molar refractivity (Wildman–Crippen MR) is 82.4 cm³/mol. The fourth-order valence-corrected chi connectivity index (χ4v) is 2.66. The molecule has 2 heterocycles. The molecule has 6 heteroatoms. The average molecular weight is 295 g/mol. The maximum atomic E-state index is 12.4. The lowest BCUT2D eigenvalue weighted by molar-refractivity contribution is -0.121. The maximum absolute atomic E-state index is 12.4. The number of amides is 1. The van der Waals surface area contributed by atoms with Gasteiger partial charge in [0.15, 0.2) is 0 Å². The van der Waals surface area contributed by atoms with E-state index in [1.165, 1.54) is 0 Å². The van der Waals surface area contributed by atoms with Gasteiger partial charge in [-0.25, -0.2) is 4.98 Å². The molecule has 0 saturated carbocycles. The lowest BCUT2D eigenvalue weighted by Gasteiger charge is -2.18. The number of carbonyl (C=O) groups is 1. The van der Waals surface area contributed by atoms with Crippen LogP contribution in [-0.4, -0.2) is 35.6 Å². The Morgan fingerprint density at radius 2 is 2.15 bits per heavy atom. The van der Waals surface area contributed by atoms with Crippen molar-refractivity contribution < 1.29 is 4.79 Å². The van der Waals surface area contributed by atoms with Crippen LogP contribution in [0.5, 0.6) is 0 Å². The van der Waals surface area contributed by atoms with E-state index in [4.69, 9.17) is 0 Å². The first-order valence-electron chi connectivity index (χ1n) is 6.63. The summed E-state index contributed by atoms with van der Waals surface area (Å²) in [6.45, 7) is 4.19. The summed E-state index contributed by atoms with van der Waals surface area (Å²) in [4.78, 5) is 18.8. The summed E-state index contributed by atoms with van der Waals surface area (Å²) in [5.74, 6) is 0.897. The van der Waals surface area contributed by atoms with Crippen LogP contribution in [0.25, 0.3) is 11.0 Å². The minimum absolute atomic E-state index is 0. The smallest absolute Gasteiger partial charge is 0.233 e. The monoisotopic (exact) mass is 294 g/mol. The molecule has 1 amide bonds. The minimum atomic E-state index is -0.0311. The number of fused-ring (bicyclic) bond motifs is 3. The van der Waals surface area contributed by atoms with E-state index in [0.717, 1.165) is 30.1 Å². The summed E-state index contributed by atoms with van der Waals surface area (Å²) in [6.07, 6.45) is 0. The molecule has 0 saturated heterocycles. The Kier molecular flexibility index (Phi) is 4.30. The number of imidazole rings is 1. The second-order valence-corrected chi connectivity index (χ2v) is 5.00. The van der Waals surface area contributed by atoms with Crippen molar-refractivity contribution in [1.29, 1.82) is 0 Å². The Balaban J connectivity index is 0.00000147. The van der Waals surface area contributed by atoms with Gasteiger partial charge >= 0.3 is 0 Å². The van der Waals surface area contributed by atoms with Crippen LogP contribution >= 0.6 is 12.4 Å². The molecule has 0 radical (unpaired) electrons. The molecule has 1 N–H and O–H groups in total. The first-order chi connectivity index (χ1) is 9.22. The fourth-order valence-electron chi connectivity index (χ4n) is 2.66. The van der Waals surface area contributed by atoms with E-state index >= 15 is 0 Å². The number of carbonyl (C=O) groups excluding carboxylic acids is 1. The van der Waals surface area contributed by atoms with Gasteiger partial charge in [0.2, 0.25) is 11.9 Å². The van der Waals surface area contributed by atoms with Gasteiger partial charge in [-0.2, -0.15) is 0 Å². The molecule has 0 aliphatic carbocycles. The highest BCUT2D eigenvalue weighted by atomic mass is 35.5. The van der Waals surface area contributed by atoms with Crippen molar-refractivity contribution in [2.75, 3.05) is 25.0 Å². The van der Waals surface area contributed by atoms with Crippen LogP contribution in [0.1, 0.15) is 6.92 Å². The first kappa shape index (κ1) is 14.8. The third-order valence-corrected chi connectivity index (χ3v) is 3.62. The van der Waals surface area contributed by atoms with Gasteiger partial charge in [-0.15, -0.1) is 12.4 Å². The molecule has 0 fully saturated rings. The van der Waals surface area contributed by atoms with Gasteiger partial charge in [-0.3, -0.25) is 9.69 Å². The molecule has 5 nitrogen and oxygen atoms in total. The molecule has 1 aromatic heterocycles. The molecular weight excluding hydrogens is 276 g/mol. The third-order valence-electron chi connectivity index (χ3n) is 3.62. The van der Waals surface area contributed by atoms with Crippen molar-refractivity contribution in [2.24, 2.45) is 5.92 Å². The van der Waals surface area contributed by atoms with Gasteiger partial charge < -0.3 is 9.88 Å². The Bertz CT molecular complexity index is 625. The number of nitrogens with one attached hydrogen (secondary N) is 1. The number of nitrogens with zero attached hydrogens (tertiary/aromatic N) is 3. The number of hydrogen-bond acceptors (Lipinski definition) is 3. The van der Waals surface area contributed by atoms with E-state index in [1.54, 1.807) is 0 Å². The zero-order valence-electron chi connectivity index (χ0n) is 11.7. The number of para-hydroxylation sites is 2. The van der Waals surface area contributed by atoms with Crippen LogP contribution in [0.4, 0.5) is 5.95 Å². The summed E-state index contributed by atoms with van der Waals surface area (Å²) >= 11 is 0. The van der Waals surface area contributed by atoms with Gasteiger partial charge in [0.25, 0.3) is 0 Å². The average Bonchev–Trinajstić information content (AvgIpc) is 2.96. The highest BCUT2D eigenvalue weighted by Crippen LogP contribution is 2.27. The van der Waals surface area contributed by atoms with Crippen LogP contribution in [0.3, 0.4) is 0 Å². The van der Waals surface area contributed by atoms with Crippen molar-refractivity contribution in [2.45, 2.75) is 13.5 Å². The standard InChI is InChI=1S/C14H18N4O.ClH/c1-10(9-15-2)13(19)18-8-7-17-12-6-4-3-5-11(12)16-14(17)18;/h3-6,10,15H,7-9H2,1-2H3;1H. The van der Waals surface area contributed by atoms with Crippen molar-refractivity contribution in [3.05, 3.63) is 24.3 Å². The molecule has 108 valence electrons. The molecule has 3 rings (SSSR count). The lowest BCUT2D eigenvalue weighted by atomic mass is 10.1. The number of aromatic nitrogens is 2. The maximum Gasteiger partial charge on any atom is 0.233 e. The Labute approximate surface area is 124 Å². The van der Waals surface area contributed by atoms with Crippen LogP contribution in [0, 0.1) is 5.92 Å². The predicted octanol–water partition coefficient (Wildman–Crippen LogP) is 1.66. The highest BCUT2D eigenvalue weighted by molar-refractivity contribution is 5.96. The minimum Gasteiger partial charge on any atom is -0.319 e. The van der Waals surface area contributed by atoms with Crippen molar-refractivity contribution in [3.8, 4) is 0 Å². The molecule has 1 aromatic carbocycles. The summed E-state index contributed by atoms with van der Waals surface area (Å²) in [6, 6.07) is 8.02. The summed E-state index contributed by atoms with van der Waals surface area (Å²) in [5, 5.41) is 3.05. The molecule has 1 aliphatic heterocycles. The Morgan fingerprint density at radius 1 is 1.40 bits per heavy atom. The van der Waals surface area contributed by atoms with Gasteiger partial charge in [0.1, 0.15) is 0 Å². The molecule has 1 atom stereocenters. The van der Waals surface area contributed by atoms with Gasteiger partial charge in [0, 0.05) is 25.6 Å².